The first-order chi connectivity index (χ1) is 21.1. The van der Waals surface area contributed by atoms with Gasteiger partial charge in [-0.15, -0.1) is 23.1 Å². The van der Waals surface area contributed by atoms with Crippen molar-refractivity contribution in [3.63, 3.8) is 0 Å². The van der Waals surface area contributed by atoms with Crippen molar-refractivity contribution >= 4 is 84.4 Å². The predicted octanol–water partition coefficient (Wildman–Crippen LogP) is -0.407. The summed E-state index contributed by atoms with van der Waals surface area (Å²) in [4.78, 5) is 65.1. The van der Waals surface area contributed by atoms with Crippen molar-refractivity contribution in [1.29, 1.82) is 0 Å². The molecular formula is C26H24N8O7S3. The van der Waals surface area contributed by atoms with Gasteiger partial charge in [0.2, 0.25) is 5.60 Å². The monoisotopic (exact) mass is 656 g/mol. The number of nitrogen functional groups attached to an aromatic ring is 2. The molecule has 1 aliphatic carbocycles. The van der Waals surface area contributed by atoms with E-state index < -0.39 is 40.8 Å². The summed E-state index contributed by atoms with van der Waals surface area (Å²) in [6.07, 6.45) is 8.14. The smallest absolute Gasteiger partial charge is 0.350 e. The van der Waals surface area contributed by atoms with Crippen LogP contribution in [-0.4, -0.2) is 72.2 Å². The molecule has 3 aromatic rings. The number of carboxylic acid groups (broad SMARTS) is 2. The number of oxime groups is 1. The molecule has 0 radical (unpaired) electrons. The molecule has 1 saturated heterocycles. The molecular weight excluding hydrogens is 633 g/mol. The molecule has 0 aromatic carbocycles. The van der Waals surface area contributed by atoms with Crippen LogP contribution >= 0.6 is 34.4 Å². The molecule has 5 heterocycles. The lowest BCUT2D eigenvalue weighted by Gasteiger charge is -2.50. The second-order valence-electron chi connectivity index (χ2n) is 10.1. The van der Waals surface area contributed by atoms with Crippen molar-refractivity contribution in [3.8, 4) is 0 Å². The van der Waals surface area contributed by atoms with Gasteiger partial charge in [-0.1, -0.05) is 22.6 Å². The van der Waals surface area contributed by atoms with E-state index in [0.717, 1.165) is 26.5 Å². The van der Waals surface area contributed by atoms with Crippen LogP contribution in [0.4, 0.5) is 10.3 Å². The van der Waals surface area contributed by atoms with Crippen LogP contribution in [0.3, 0.4) is 0 Å². The Bertz CT molecular complexity index is 1790. The number of allylic oxidation sites excluding steroid dienone is 2. The number of carbonyl (C=O) groups excluding carboxylic acids is 3. The third-order valence-corrected chi connectivity index (χ3v) is 10.2. The average molecular weight is 657 g/mol. The lowest BCUT2D eigenvalue weighted by Crippen LogP contribution is -2.71. The van der Waals surface area contributed by atoms with E-state index in [1.807, 2.05) is 23.0 Å². The molecule has 228 valence electrons. The number of anilines is 2. The Morgan fingerprint density at radius 3 is 2.75 bits per heavy atom. The molecule has 18 heteroatoms. The fourth-order valence-electron chi connectivity index (χ4n) is 4.91. The zero-order valence-electron chi connectivity index (χ0n) is 22.7. The number of β-lactam (4-membered cyclic amide) rings is 1. The number of nitrogens with two attached hydrogens (primary N) is 2. The third-order valence-electron chi connectivity index (χ3n) is 7.36. The maximum absolute atomic E-state index is 13.3. The van der Waals surface area contributed by atoms with Gasteiger partial charge < -0.3 is 36.6 Å². The summed E-state index contributed by atoms with van der Waals surface area (Å²) in [7, 11) is 0. The van der Waals surface area contributed by atoms with Crippen molar-refractivity contribution in [2.45, 2.75) is 42.8 Å². The lowest BCUT2D eigenvalue weighted by atomic mass is 9.80. The molecule has 1 unspecified atom stereocenters. The van der Waals surface area contributed by atoms with E-state index in [1.54, 1.807) is 12.2 Å². The summed E-state index contributed by atoms with van der Waals surface area (Å²) >= 11 is 3.69. The molecule has 6 N–H and O–H groups in total. The topological polar surface area (TPSA) is 230 Å². The van der Waals surface area contributed by atoms with Gasteiger partial charge in [-0.05, 0) is 18.1 Å². The Kier molecular flexibility index (Phi) is 7.72. The Morgan fingerprint density at radius 2 is 2.09 bits per heavy atom. The highest BCUT2D eigenvalue weighted by molar-refractivity contribution is 8.00. The molecule has 2 amide bonds. The molecule has 2 aliphatic heterocycles. The first-order valence-corrected chi connectivity index (χ1v) is 15.9. The number of thiazole rings is 2. The van der Waals surface area contributed by atoms with Crippen LogP contribution in [0.5, 0.6) is 0 Å². The zero-order chi connectivity index (χ0) is 31.2. The molecule has 44 heavy (non-hydrogen) atoms. The highest BCUT2D eigenvalue weighted by Crippen LogP contribution is 2.40. The minimum absolute atomic E-state index is 0.0443. The Labute approximate surface area is 260 Å². The van der Waals surface area contributed by atoms with E-state index in [4.69, 9.17) is 16.3 Å². The number of carboxylic acids is 2. The number of aromatic nitrogens is 3. The second-order valence-corrected chi connectivity index (χ2v) is 13.2. The number of pyridine rings is 1. The van der Waals surface area contributed by atoms with Gasteiger partial charge >= 0.3 is 5.97 Å². The molecule has 15 nitrogen and oxygen atoms in total. The van der Waals surface area contributed by atoms with Crippen molar-refractivity contribution in [1.82, 2.24) is 20.2 Å². The number of rotatable bonds is 10. The maximum Gasteiger partial charge on any atom is 0.350 e. The summed E-state index contributed by atoms with van der Waals surface area (Å²) in [5, 5.41) is 29.5. The van der Waals surface area contributed by atoms with E-state index in [2.05, 4.69) is 20.4 Å². The molecule has 0 spiro atoms. The van der Waals surface area contributed by atoms with Gasteiger partial charge in [-0.2, -0.15) is 4.57 Å². The van der Waals surface area contributed by atoms with Crippen molar-refractivity contribution < 1.29 is 38.8 Å². The largest absolute Gasteiger partial charge is 0.543 e. The summed E-state index contributed by atoms with van der Waals surface area (Å²) in [6.45, 7) is 0.409. The maximum atomic E-state index is 13.3. The average Bonchev–Trinajstić information content (AvgIpc) is 3.56. The van der Waals surface area contributed by atoms with Gasteiger partial charge in [-0.25, -0.2) is 14.8 Å². The fraction of sp³-hybridized carbons (Fsp3) is 0.308. The van der Waals surface area contributed by atoms with Crippen LogP contribution in [0.15, 0.2) is 52.4 Å². The van der Waals surface area contributed by atoms with E-state index in [1.165, 1.54) is 28.5 Å². The number of nitrogens with one attached hydrogen (secondary N) is 1. The number of nitrogens with zero attached hydrogens (tertiary/aromatic N) is 5. The SMILES string of the molecule is Nc1nc(/C(=N/OC2(C(=O)O)CCC2)C(=O)NC2C(=O)N3C(C(=O)[O-])=C(/C=C/C[n+]4ccc5sc(N)nc5c4)CS[C@H]23)cs1. The van der Waals surface area contributed by atoms with E-state index in [9.17, 15) is 29.4 Å². The first-order valence-electron chi connectivity index (χ1n) is 13.2. The minimum atomic E-state index is -1.55. The highest BCUT2D eigenvalue weighted by atomic mass is 32.2. The van der Waals surface area contributed by atoms with Crippen molar-refractivity contribution in [3.05, 3.63) is 53.0 Å². The minimum Gasteiger partial charge on any atom is -0.543 e. The van der Waals surface area contributed by atoms with Gasteiger partial charge in [0.05, 0.1) is 16.4 Å². The number of thioether (sulfide) groups is 1. The van der Waals surface area contributed by atoms with Gasteiger partial charge in [0.25, 0.3) is 11.8 Å². The quantitative estimate of drug-likeness (QED) is 0.0945. The van der Waals surface area contributed by atoms with E-state index >= 15 is 0 Å². The second kappa shape index (κ2) is 11.5. The number of amides is 2. The third kappa shape index (κ3) is 5.35. The lowest BCUT2D eigenvalue weighted by molar-refractivity contribution is -0.685. The first kappa shape index (κ1) is 29.5. The molecule has 3 aliphatic rings. The van der Waals surface area contributed by atoms with Crippen LogP contribution in [0.1, 0.15) is 25.0 Å². The molecule has 3 aromatic heterocycles. The predicted molar refractivity (Wildman–Crippen MR) is 159 cm³/mol. The number of carbonyl (C=O) groups is 4. The van der Waals surface area contributed by atoms with E-state index in [0.29, 0.717) is 23.7 Å². The van der Waals surface area contributed by atoms with Crippen LogP contribution in [-0.2, 0) is 30.6 Å². The van der Waals surface area contributed by atoms with Gasteiger partial charge in [-0.3, -0.25) is 14.5 Å². The summed E-state index contributed by atoms with van der Waals surface area (Å²) < 4.78 is 2.81. The molecule has 0 bridgehead atoms. The number of fused-ring (bicyclic) bond motifs is 2. The van der Waals surface area contributed by atoms with Crippen LogP contribution in [0.25, 0.3) is 10.2 Å². The van der Waals surface area contributed by atoms with Crippen LogP contribution in [0.2, 0.25) is 0 Å². The number of aliphatic carboxylic acids is 2. The van der Waals surface area contributed by atoms with Gasteiger partial charge in [0.1, 0.15) is 22.6 Å². The van der Waals surface area contributed by atoms with E-state index in [-0.39, 0.29) is 40.8 Å². The number of hydrogen-bond donors (Lipinski definition) is 4. The van der Waals surface area contributed by atoms with Crippen LogP contribution in [0, 0.1) is 0 Å². The number of hydrogen-bond acceptors (Lipinski definition) is 14. The van der Waals surface area contributed by atoms with Crippen LogP contribution < -0.4 is 26.5 Å². The summed E-state index contributed by atoms with van der Waals surface area (Å²) in [5.41, 5.74) is 10.5. The molecule has 6 rings (SSSR count). The molecule has 2 fully saturated rings. The van der Waals surface area contributed by atoms with Gasteiger partial charge in [0.15, 0.2) is 34.9 Å². The highest BCUT2D eigenvalue weighted by Gasteiger charge is 2.53. The summed E-state index contributed by atoms with van der Waals surface area (Å²) in [5.74, 6) is -3.99. The molecule has 1 saturated carbocycles. The standard InChI is InChI=1S/C26H24N8O7S3/c27-24-30-14(11-43-24)16(32-41-26(23(39)40)5-2-6-26)19(35)31-17-20(36)34-18(22(37)38)12(10-42-21(17)34)3-1-7-33-8-4-15-13(9-33)29-25(28)44-15/h1,3-4,8-9,11,17,21H,2,5-7,10H2,(H6-,27,28,29,30,31,35,37,38,39,40)/b3-1+,32-16-/t17?,21-/m1/s1. The Hall–Kier alpha value is -4.55. The Morgan fingerprint density at radius 1 is 1.30 bits per heavy atom. The van der Waals surface area contributed by atoms with Gasteiger partial charge in [0, 0.05) is 30.0 Å². The zero-order valence-corrected chi connectivity index (χ0v) is 25.1. The molecule has 2 atom stereocenters. The van der Waals surface area contributed by atoms with Crippen molar-refractivity contribution in [2.24, 2.45) is 5.16 Å². The Balaban J connectivity index is 1.17. The normalized spacial score (nSPS) is 21.1. The summed E-state index contributed by atoms with van der Waals surface area (Å²) in [6, 6.07) is 0.805. The van der Waals surface area contributed by atoms with Crippen molar-refractivity contribution in [2.75, 3.05) is 17.2 Å². The fourth-order valence-corrected chi connectivity index (χ4v) is 7.48.